The van der Waals surface area contributed by atoms with Crippen molar-refractivity contribution >= 4 is 34.7 Å². The van der Waals surface area contributed by atoms with E-state index in [4.69, 9.17) is 16.7 Å². The molecule has 2 heterocycles. The van der Waals surface area contributed by atoms with Crippen molar-refractivity contribution in [2.24, 2.45) is 0 Å². The molecule has 0 aliphatic carbocycles. The first-order chi connectivity index (χ1) is 14.4. The van der Waals surface area contributed by atoms with Crippen LogP contribution in [-0.4, -0.2) is 21.3 Å². The van der Waals surface area contributed by atoms with E-state index in [2.05, 4.69) is 15.8 Å². The molecule has 1 aliphatic heterocycles. The van der Waals surface area contributed by atoms with Gasteiger partial charge in [0.1, 0.15) is 11.5 Å². The van der Waals surface area contributed by atoms with Gasteiger partial charge in [-0.3, -0.25) is 9.69 Å². The van der Waals surface area contributed by atoms with Gasteiger partial charge in [0.2, 0.25) is 0 Å². The predicted octanol–water partition coefficient (Wildman–Crippen LogP) is 4.04. The Kier molecular flexibility index (Phi) is 5.24. The molecule has 1 aliphatic rings. The average Bonchev–Trinajstić information content (AvgIpc) is 3.13. The van der Waals surface area contributed by atoms with Crippen LogP contribution in [0.15, 0.2) is 76.5 Å². The van der Waals surface area contributed by atoms with Crippen molar-refractivity contribution in [2.45, 2.75) is 19.9 Å². The van der Waals surface area contributed by atoms with Crippen LogP contribution in [-0.2, 0) is 4.79 Å². The smallest absolute Gasteiger partial charge is 0.257 e. The summed E-state index contributed by atoms with van der Waals surface area (Å²) in [7, 11) is 0. The normalized spacial score (nSPS) is 16.4. The number of aryl methyl sites for hydroxylation is 1. The van der Waals surface area contributed by atoms with E-state index in [1.807, 2.05) is 42.2 Å². The van der Waals surface area contributed by atoms with Gasteiger partial charge < -0.3 is 20.3 Å². The zero-order valence-corrected chi connectivity index (χ0v) is 17.2. The van der Waals surface area contributed by atoms with Crippen LogP contribution in [0.5, 0.6) is 5.75 Å². The molecule has 3 aromatic rings. The Hall–Kier alpha value is -3.65. The molecule has 3 N–H and O–H groups in total. The number of hydrogen-bond donors (Lipinski definition) is 3. The third-order valence-corrected chi connectivity index (χ3v) is 5.14. The van der Waals surface area contributed by atoms with Crippen LogP contribution in [0.2, 0.25) is 0 Å². The summed E-state index contributed by atoms with van der Waals surface area (Å²) in [4.78, 5) is 15.1. The van der Waals surface area contributed by atoms with Gasteiger partial charge in [-0.15, -0.1) is 0 Å². The second kappa shape index (κ2) is 8.00. The highest BCUT2D eigenvalue weighted by Gasteiger charge is 2.34. The lowest BCUT2D eigenvalue weighted by atomic mass is 9.94. The number of nitrogens with zero attached hydrogens (tertiary/aromatic N) is 2. The number of phenols is 1. The number of aromatic hydroxyl groups is 1. The van der Waals surface area contributed by atoms with Gasteiger partial charge in [-0.05, 0) is 55.9 Å². The SMILES string of the molecule is CC1=C(C(=O)Nc2cc(C)on2)C(c2ccc(O)cc2)NC(=S)N1c1ccccc1. The van der Waals surface area contributed by atoms with Crippen molar-refractivity contribution < 1.29 is 14.4 Å². The molecular formula is C22H20N4O3S. The third-order valence-electron chi connectivity index (χ3n) is 4.84. The first-order valence-corrected chi connectivity index (χ1v) is 9.75. The molecule has 0 saturated carbocycles. The number of aromatic nitrogens is 1. The van der Waals surface area contributed by atoms with E-state index < -0.39 is 6.04 Å². The van der Waals surface area contributed by atoms with E-state index in [0.29, 0.717) is 28.0 Å². The predicted molar refractivity (Wildman–Crippen MR) is 118 cm³/mol. The fraction of sp³-hybridized carbons (Fsp3) is 0.136. The zero-order valence-electron chi connectivity index (χ0n) is 16.4. The first kappa shape index (κ1) is 19.7. The lowest BCUT2D eigenvalue weighted by Crippen LogP contribution is -2.48. The summed E-state index contributed by atoms with van der Waals surface area (Å²) in [6, 6.07) is 17.4. The molecule has 8 heteroatoms. The summed E-state index contributed by atoms with van der Waals surface area (Å²) in [5.74, 6) is 0.754. The molecule has 0 saturated heterocycles. The van der Waals surface area contributed by atoms with Gasteiger partial charge in [-0.2, -0.15) is 0 Å². The van der Waals surface area contributed by atoms with E-state index in [0.717, 1.165) is 11.3 Å². The molecule has 152 valence electrons. The number of para-hydroxylation sites is 1. The third kappa shape index (κ3) is 3.77. The number of phenolic OH excluding ortho intramolecular Hbond substituents is 1. The molecule has 0 bridgehead atoms. The second-order valence-corrected chi connectivity index (χ2v) is 7.31. The maximum atomic E-state index is 13.3. The quantitative estimate of drug-likeness (QED) is 0.549. The lowest BCUT2D eigenvalue weighted by molar-refractivity contribution is -0.113. The van der Waals surface area contributed by atoms with Gasteiger partial charge in [-0.25, -0.2) is 0 Å². The van der Waals surface area contributed by atoms with Gasteiger partial charge in [0.05, 0.1) is 11.6 Å². The summed E-state index contributed by atoms with van der Waals surface area (Å²) in [6.07, 6.45) is 0. The van der Waals surface area contributed by atoms with Gasteiger partial charge >= 0.3 is 0 Å². The number of anilines is 2. The molecule has 7 nitrogen and oxygen atoms in total. The number of hydrogen-bond acceptors (Lipinski definition) is 5. The topological polar surface area (TPSA) is 90.6 Å². The summed E-state index contributed by atoms with van der Waals surface area (Å²) in [5, 5.41) is 20.1. The Morgan fingerprint density at radius 1 is 1.17 bits per heavy atom. The fourth-order valence-electron chi connectivity index (χ4n) is 3.45. The monoisotopic (exact) mass is 420 g/mol. The minimum atomic E-state index is -0.494. The number of allylic oxidation sites excluding steroid dienone is 1. The number of carbonyl (C=O) groups excluding carboxylic acids is 1. The standard InChI is InChI=1S/C22H20N4O3S/c1-13-12-18(25-29-13)23-21(28)19-14(2)26(16-6-4-3-5-7-16)22(30)24-20(19)15-8-10-17(27)11-9-15/h3-12,20,27H,1-2H3,(H,24,30)(H,23,25,28). The first-order valence-electron chi connectivity index (χ1n) is 9.34. The molecule has 4 rings (SSSR count). The Morgan fingerprint density at radius 3 is 2.50 bits per heavy atom. The number of benzene rings is 2. The highest BCUT2D eigenvalue weighted by atomic mass is 32.1. The van der Waals surface area contributed by atoms with Gasteiger partial charge in [0, 0.05) is 17.5 Å². The van der Waals surface area contributed by atoms with Crippen molar-refractivity contribution in [3.63, 3.8) is 0 Å². The number of rotatable bonds is 4. The summed E-state index contributed by atoms with van der Waals surface area (Å²) >= 11 is 5.63. The van der Waals surface area contributed by atoms with E-state index >= 15 is 0 Å². The van der Waals surface area contributed by atoms with Crippen molar-refractivity contribution in [3.8, 4) is 5.75 Å². The molecular weight excluding hydrogens is 400 g/mol. The fourth-order valence-corrected chi connectivity index (χ4v) is 3.81. The van der Waals surface area contributed by atoms with Crippen LogP contribution in [0.1, 0.15) is 24.3 Å². The molecule has 1 atom stereocenters. The van der Waals surface area contributed by atoms with Crippen molar-refractivity contribution in [1.29, 1.82) is 0 Å². The lowest BCUT2D eigenvalue weighted by Gasteiger charge is -2.37. The second-order valence-electron chi connectivity index (χ2n) is 6.92. The highest BCUT2D eigenvalue weighted by molar-refractivity contribution is 7.80. The summed E-state index contributed by atoms with van der Waals surface area (Å²) < 4.78 is 5.06. The van der Waals surface area contributed by atoms with Crippen LogP contribution in [0.25, 0.3) is 0 Å². The van der Waals surface area contributed by atoms with Gasteiger partial charge in [0.15, 0.2) is 10.9 Å². The molecule has 1 unspecified atom stereocenters. The molecule has 0 fully saturated rings. The number of thiocarbonyl (C=S) groups is 1. The average molecular weight is 420 g/mol. The Balaban J connectivity index is 1.80. The van der Waals surface area contributed by atoms with Crippen molar-refractivity contribution in [3.05, 3.63) is 83.3 Å². The van der Waals surface area contributed by atoms with Crippen molar-refractivity contribution in [2.75, 3.05) is 10.2 Å². The Labute approximate surface area is 179 Å². The molecule has 0 radical (unpaired) electrons. The molecule has 1 aromatic heterocycles. The maximum Gasteiger partial charge on any atom is 0.257 e. The highest BCUT2D eigenvalue weighted by Crippen LogP contribution is 2.34. The van der Waals surface area contributed by atoms with E-state index in [-0.39, 0.29) is 11.7 Å². The molecule has 30 heavy (non-hydrogen) atoms. The van der Waals surface area contributed by atoms with Crippen LogP contribution in [0, 0.1) is 6.92 Å². The van der Waals surface area contributed by atoms with Crippen LogP contribution >= 0.6 is 12.2 Å². The van der Waals surface area contributed by atoms with Crippen LogP contribution in [0.3, 0.4) is 0 Å². The molecule has 1 amide bonds. The van der Waals surface area contributed by atoms with Gasteiger partial charge in [-0.1, -0.05) is 35.5 Å². The number of amides is 1. The van der Waals surface area contributed by atoms with E-state index in [1.54, 1.807) is 37.3 Å². The molecule has 2 aromatic carbocycles. The number of carbonyl (C=O) groups is 1. The van der Waals surface area contributed by atoms with E-state index in [1.165, 1.54) is 0 Å². The number of nitrogens with one attached hydrogen (secondary N) is 2. The van der Waals surface area contributed by atoms with Crippen LogP contribution < -0.4 is 15.5 Å². The minimum Gasteiger partial charge on any atom is -0.508 e. The van der Waals surface area contributed by atoms with Gasteiger partial charge in [0.25, 0.3) is 5.91 Å². The van der Waals surface area contributed by atoms with Crippen LogP contribution in [0.4, 0.5) is 11.5 Å². The largest absolute Gasteiger partial charge is 0.508 e. The summed E-state index contributed by atoms with van der Waals surface area (Å²) in [5.41, 5.74) is 2.82. The molecule has 0 spiro atoms. The summed E-state index contributed by atoms with van der Waals surface area (Å²) in [6.45, 7) is 3.61. The zero-order chi connectivity index (χ0) is 21.3. The van der Waals surface area contributed by atoms with Crippen molar-refractivity contribution in [1.82, 2.24) is 10.5 Å². The van der Waals surface area contributed by atoms with E-state index in [9.17, 15) is 9.90 Å². The maximum absolute atomic E-state index is 13.3. The minimum absolute atomic E-state index is 0.146. The Bertz CT molecular complexity index is 1120. The Morgan fingerprint density at radius 2 is 1.87 bits per heavy atom.